The van der Waals surface area contributed by atoms with Crippen molar-refractivity contribution in [2.75, 3.05) is 13.7 Å². The molecule has 0 amide bonds. The van der Waals surface area contributed by atoms with Crippen molar-refractivity contribution in [2.45, 2.75) is 26.3 Å². The van der Waals surface area contributed by atoms with Gasteiger partial charge in [-0.3, -0.25) is 9.78 Å². The topological polar surface area (TPSA) is 83.7 Å². The normalized spacial score (nSPS) is 11.1. The third-order valence-electron chi connectivity index (χ3n) is 2.43. The van der Waals surface area contributed by atoms with Crippen LogP contribution in [-0.2, 0) is 22.5 Å². The molecule has 21 heavy (non-hydrogen) atoms. The highest BCUT2D eigenvalue weighted by Crippen LogP contribution is 2.35. The number of nitrogens with two attached hydrogens (primary N) is 1. The highest BCUT2D eigenvalue weighted by Gasteiger charge is 2.35. The van der Waals surface area contributed by atoms with Gasteiger partial charge < -0.3 is 19.9 Å². The molecular weight excluding hydrogens is 293 g/mol. The van der Waals surface area contributed by atoms with Gasteiger partial charge in [-0.1, -0.05) is 0 Å². The second-order valence-corrected chi connectivity index (χ2v) is 3.81. The van der Waals surface area contributed by atoms with Gasteiger partial charge in [0.1, 0.15) is 5.75 Å². The standard InChI is InChI=1S/C12H15F3N2O4/c1-3-20-10(18)4-7-9(19-2)6-17-8(5-16)11(7)21-12(13,14)15/h6H,3-5,16H2,1-2H3. The molecule has 0 radical (unpaired) electrons. The van der Waals surface area contributed by atoms with E-state index in [2.05, 4.69) is 9.72 Å². The molecule has 0 bridgehead atoms. The van der Waals surface area contributed by atoms with Crippen LogP contribution in [0.1, 0.15) is 18.2 Å². The molecule has 0 aliphatic rings. The van der Waals surface area contributed by atoms with Crippen molar-refractivity contribution < 1.29 is 32.2 Å². The maximum absolute atomic E-state index is 12.5. The van der Waals surface area contributed by atoms with Gasteiger partial charge in [-0.05, 0) is 6.92 Å². The summed E-state index contributed by atoms with van der Waals surface area (Å²) >= 11 is 0. The Morgan fingerprint density at radius 2 is 2.10 bits per heavy atom. The highest BCUT2D eigenvalue weighted by molar-refractivity contribution is 5.75. The molecular formula is C12H15F3N2O4. The van der Waals surface area contributed by atoms with Gasteiger partial charge in [0.15, 0.2) is 5.75 Å². The van der Waals surface area contributed by atoms with Crippen molar-refractivity contribution in [1.29, 1.82) is 0 Å². The van der Waals surface area contributed by atoms with E-state index in [9.17, 15) is 18.0 Å². The molecule has 1 aromatic heterocycles. The zero-order chi connectivity index (χ0) is 16.0. The molecule has 0 aromatic carbocycles. The monoisotopic (exact) mass is 308 g/mol. The number of aromatic nitrogens is 1. The quantitative estimate of drug-likeness (QED) is 0.803. The zero-order valence-electron chi connectivity index (χ0n) is 11.5. The molecule has 1 rings (SSSR count). The number of halogens is 3. The van der Waals surface area contributed by atoms with E-state index < -0.39 is 24.5 Å². The molecule has 0 saturated carbocycles. The number of pyridine rings is 1. The maximum atomic E-state index is 12.5. The lowest BCUT2D eigenvalue weighted by molar-refractivity contribution is -0.275. The largest absolute Gasteiger partial charge is 0.573 e. The van der Waals surface area contributed by atoms with Crippen molar-refractivity contribution in [3.63, 3.8) is 0 Å². The Hall–Kier alpha value is -2.03. The number of esters is 1. The second-order valence-electron chi connectivity index (χ2n) is 3.81. The average Bonchev–Trinajstić information content (AvgIpc) is 2.39. The number of hydrogen-bond donors (Lipinski definition) is 1. The number of ether oxygens (including phenoxy) is 3. The van der Waals surface area contributed by atoms with E-state index in [1.54, 1.807) is 6.92 Å². The third-order valence-corrected chi connectivity index (χ3v) is 2.43. The first-order valence-electron chi connectivity index (χ1n) is 5.98. The SMILES string of the molecule is CCOC(=O)Cc1c(OC)cnc(CN)c1OC(F)(F)F. The fourth-order valence-electron chi connectivity index (χ4n) is 1.64. The van der Waals surface area contributed by atoms with Crippen LogP contribution in [0, 0.1) is 0 Å². The van der Waals surface area contributed by atoms with E-state index >= 15 is 0 Å². The fourth-order valence-corrected chi connectivity index (χ4v) is 1.64. The molecule has 9 heteroatoms. The lowest BCUT2D eigenvalue weighted by Crippen LogP contribution is -2.22. The predicted molar refractivity (Wildman–Crippen MR) is 65.7 cm³/mol. The summed E-state index contributed by atoms with van der Waals surface area (Å²) in [7, 11) is 1.24. The minimum Gasteiger partial charge on any atom is -0.495 e. The summed E-state index contributed by atoms with van der Waals surface area (Å²) in [6.07, 6.45) is -4.21. The number of methoxy groups -OCH3 is 1. The van der Waals surface area contributed by atoms with Gasteiger partial charge in [-0.25, -0.2) is 0 Å². The van der Waals surface area contributed by atoms with Crippen molar-refractivity contribution in [1.82, 2.24) is 4.98 Å². The average molecular weight is 308 g/mol. The molecule has 0 saturated heterocycles. The number of hydrogen-bond acceptors (Lipinski definition) is 6. The first kappa shape index (κ1) is 17.0. The van der Waals surface area contributed by atoms with Crippen molar-refractivity contribution >= 4 is 5.97 Å². The molecule has 118 valence electrons. The van der Waals surface area contributed by atoms with Gasteiger partial charge in [0, 0.05) is 6.54 Å². The summed E-state index contributed by atoms with van der Waals surface area (Å²) in [5.41, 5.74) is 5.11. The molecule has 6 nitrogen and oxygen atoms in total. The van der Waals surface area contributed by atoms with Crippen LogP contribution in [0.25, 0.3) is 0 Å². The summed E-state index contributed by atoms with van der Waals surface area (Å²) in [4.78, 5) is 15.3. The van der Waals surface area contributed by atoms with Crippen LogP contribution < -0.4 is 15.2 Å². The Labute approximate surface area is 119 Å². The van der Waals surface area contributed by atoms with E-state index in [4.69, 9.17) is 15.2 Å². The lowest BCUT2D eigenvalue weighted by atomic mass is 10.1. The molecule has 2 N–H and O–H groups in total. The van der Waals surface area contributed by atoms with Gasteiger partial charge in [0.2, 0.25) is 0 Å². The van der Waals surface area contributed by atoms with E-state index in [1.807, 2.05) is 0 Å². The van der Waals surface area contributed by atoms with Crippen LogP contribution in [0.3, 0.4) is 0 Å². The minimum absolute atomic E-state index is 0.0143. The third kappa shape index (κ3) is 4.78. The van der Waals surface area contributed by atoms with Crippen LogP contribution in [0.5, 0.6) is 11.5 Å². The second kappa shape index (κ2) is 7.11. The summed E-state index contributed by atoms with van der Waals surface area (Å²) in [6.45, 7) is 1.40. The highest BCUT2D eigenvalue weighted by atomic mass is 19.4. The Morgan fingerprint density at radius 3 is 2.57 bits per heavy atom. The van der Waals surface area contributed by atoms with Crippen molar-refractivity contribution in [3.05, 3.63) is 17.5 Å². The number of carbonyl (C=O) groups is 1. The first-order valence-corrected chi connectivity index (χ1v) is 5.98. The van der Waals surface area contributed by atoms with Crippen molar-refractivity contribution in [3.8, 4) is 11.5 Å². The van der Waals surface area contributed by atoms with Crippen LogP contribution in [0.4, 0.5) is 13.2 Å². The summed E-state index contributed by atoms with van der Waals surface area (Å²) in [5.74, 6) is -1.35. The predicted octanol–water partition coefficient (Wildman–Crippen LogP) is 1.55. The van der Waals surface area contributed by atoms with Crippen molar-refractivity contribution in [2.24, 2.45) is 5.73 Å². The Bertz CT molecular complexity index is 506. The number of nitrogens with zero attached hydrogens (tertiary/aromatic N) is 1. The summed E-state index contributed by atoms with van der Waals surface area (Å²) in [5, 5.41) is 0. The Balaban J connectivity index is 3.29. The molecule has 0 aliphatic heterocycles. The first-order chi connectivity index (χ1) is 9.82. The van der Waals surface area contributed by atoms with Gasteiger partial charge >= 0.3 is 12.3 Å². The molecule has 0 atom stereocenters. The molecule has 0 fully saturated rings. The van der Waals surface area contributed by atoms with E-state index in [1.165, 1.54) is 13.3 Å². The Morgan fingerprint density at radius 1 is 1.43 bits per heavy atom. The van der Waals surface area contributed by atoms with Gasteiger partial charge in [-0.2, -0.15) is 0 Å². The van der Waals surface area contributed by atoms with E-state index in [-0.39, 0.29) is 30.2 Å². The van der Waals surface area contributed by atoms with Crippen LogP contribution >= 0.6 is 0 Å². The number of rotatable bonds is 6. The van der Waals surface area contributed by atoms with Gasteiger partial charge in [0.05, 0.1) is 37.6 Å². The molecule has 0 spiro atoms. The smallest absolute Gasteiger partial charge is 0.495 e. The fraction of sp³-hybridized carbons (Fsp3) is 0.500. The summed E-state index contributed by atoms with van der Waals surface area (Å²) in [6, 6.07) is 0. The van der Waals surface area contributed by atoms with Crippen LogP contribution in [0.15, 0.2) is 6.20 Å². The molecule has 1 heterocycles. The van der Waals surface area contributed by atoms with E-state index in [0.717, 1.165) is 0 Å². The Kier molecular flexibility index (Phi) is 5.77. The number of alkyl halides is 3. The minimum atomic E-state index is -4.94. The molecule has 0 aliphatic carbocycles. The molecule has 1 aromatic rings. The lowest BCUT2D eigenvalue weighted by Gasteiger charge is -2.17. The van der Waals surface area contributed by atoms with Crippen LogP contribution in [-0.4, -0.2) is 31.0 Å². The van der Waals surface area contributed by atoms with E-state index in [0.29, 0.717) is 0 Å². The zero-order valence-corrected chi connectivity index (χ0v) is 11.5. The summed E-state index contributed by atoms with van der Waals surface area (Å²) < 4.78 is 51.1. The van der Waals surface area contributed by atoms with Gasteiger partial charge in [0.25, 0.3) is 0 Å². The maximum Gasteiger partial charge on any atom is 0.573 e. The van der Waals surface area contributed by atoms with Crippen LogP contribution in [0.2, 0.25) is 0 Å². The number of carbonyl (C=O) groups excluding carboxylic acids is 1. The molecule has 0 unspecified atom stereocenters. The van der Waals surface area contributed by atoms with Gasteiger partial charge in [-0.15, -0.1) is 13.2 Å².